The summed E-state index contributed by atoms with van der Waals surface area (Å²) in [5.41, 5.74) is 1.37. The Morgan fingerprint density at radius 2 is 1.12 bits per heavy atom. The monoisotopic (exact) mass is 600 g/mol. The van der Waals surface area contributed by atoms with Gasteiger partial charge >= 0.3 is 36.1 Å². The summed E-state index contributed by atoms with van der Waals surface area (Å²) in [5, 5.41) is 40.7. The maximum Gasteiger partial charge on any atom is 0.413 e. The second-order valence-electron chi connectivity index (χ2n) is 9.54. The molecule has 0 saturated carbocycles. The van der Waals surface area contributed by atoms with Crippen molar-refractivity contribution >= 4 is 48.2 Å². The predicted molar refractivity (Wildman–Crippen MR) is 151 cm³/mol. The molecule has 0 heterocycles. The molecule has 0 spiro atoms. The van der Waals surface area contributed by atoms with E-state index in [1.807, 2.05) is 30.3 Å². The van der Waals surface area contributed by atoms with Crippen LogP contribution in [0.5, 0.6) is 11.5 Å². The van der Waals surface area contributed by atoms with Crippen molar-refractivity contribution in [3.05, 3.63) is 59.2 Å². The number of aliphatic carboxylic acids is 4. The molecule has 14 heteroatoms. The van der Waals surface area contributed by atoms with Gasteiger partial charge in [0.2, 0.25) is 0 Å². The van der Waals surface area contributed by atoms with Gasteiger partial charge in [-0.25, -0.2) is 19.2 Å². The van der Waals surface area contributed by atoms with Crippen molar-refractivity contribution in [2.75, 3.05) is 0 Å². The van der Waals surface area contributed by atoms with E-state index in [4.69, 9.17) is 19.7 Å². The van der Waals surface area contributed by atoms with Crippen LogP contribution in [0.2, 0.25) is 0 Å². The molecule has 0 aliphatic rings. The van der Waals surface area contributed by atoms with Crippen LogP contribution in [0.4, 0.5) is 9.59 Å². The van der Waals surface area contributed by atoms with Crippen LogP contribution in [0.1, 0.15) is 62.1 Å². The Labute approximate surface area is 245 Å². The summed E-state index contributed by atoms with van der Waals surface area (Å²) >= 11 is 0. The summed E-state index contributed by atoms with van der Waals surface area (Å²) < 4.78 is 10.9. The third-order valence-electron chi connectivity index (χ3n) is 5.85. The van der Waals surface area contributed by atoms with Crippen molar-refractivity contribution in [2.45, 2.75) is 57.5 Å². The van der Waals surface area contributed by atoms with Crippen molar-refractivity contribution in [2.24, 2.45) is 0 Å². The molecule has 0 aliphatic heterocycles. The number of ether oxygens (including phenoxy) is 2. The number of hydrogen-bond donors (Lipinski definition) is 6. The van der Waals surface area contributed by atoms with Crippen LogP contribution in [0.25, 0.3) is 12.2 Å². The number of nitrogens with one attached hydrogen (secondary N) is 2. The van der Waals surface area contributed by atoms with Gasteiger partial charge in [0.25, 0.3) is 0 Å². The number of hydrogen-bond acceptors (Lipinski definition) is 8. The van der Waals surface area contributed by atoms with Gasteiger partial charge < -0.3 is 40.5 Å². The molecular weight excluding hydrogens is 568 g/mol. The Kier molecular flexibility index (Phi) is 12.7. The maximum absolute atomic E-state index is 12.7. The van der Waals surface area contributed by atoms with E-state index >= 15 is 0 Å². The van der Waals surface area contributed by atoms with Crippen LogP contribution in [0.3, 0.4) is 0 Å². The minimum atomic E-state index is -1.56. The highest BCUT2D eigenvalue weighted by Gasteiger charge is 2.26. The van der Waals surface area contributed by atoms with Gasteiger partial charge in [0, 0.05) is 18.4 Å². The Morgan fingerprint density at radius 1 is 0.698 bits per heavy atom. The number of rotatable bonds is 15. The lowest BCUT2D eigenvalue weighted by molar-refractivity contribution is -0.142. The van der Waals surface area contributed by atoms with Gasteiger partial charge in [-0.15, -0.1) is 0 Å². The molecule has 6 N–H and O–H groups in total. The quantitative estimate of drug-likeness (QED) is 0.161. The number of amides is 2. The van der Waals surface area contributed by atoms with Gasteiger partial charge in [-0.3, -0.25) is 9.59 Å². The average molecular weight is 601 g/mol. The number of benzene rings is 2. The molecule has 0 saturated heterocycles. The molecule has 14 nitrogen and oxygen atoms in total. The van der Waals surface area contributed by atoms with E-state index in [2.05, 4.69) is 10.6 Å². The number of carboxylic acids is 4. The van der Waals surface area contributed by atoms with E-state index in [1.165, 1.54) is 12.1 Å². The Morgan fingerprint density at radius 3 is 1.49 bits per heavy atom. The van der Waals surface area contributed by atoms with Crippen molar-refractivity contribution in [3.8, 4) is 11.5 Å². The van der Waals surface area contributed by atoms with Crippen molar-refractivity contribution in [3.63, 3.8) is 0 Å². The average Bonchev–Trinajstić information content (AvgIpc) is 2.91. The zero-order valence-corrected chi connectivity index (χ0v) is 23.3. The van der Waals surface area contributed by atoms with E-state index in [-0.39, 0.29) is 17.1 Å². The molecular formula is C29H32N2O12. The first-order chi connectivity index (χ1) is 20.3. The Balaban J connectivity index is 2.46. The zero-order chi connectivity index (χ0) is 32.1. The smallest absolute Gasteiger partial charge is 0.413 e. The van der Waals surface area contributed by atoms with Crippen molar-refractivity contribution in [1.29, 1.82) is 0 Å². The van der Waals surface area contributed by atoms with Gasteiger partial charge in [0.15, 0.2) is 0 Å². The molecule has 43 heavy (non-hydrogen) atoms. The molecule has 2 rings (SSSR count). The fraction of sp³-hybridized carbons (Fsp3) is 0.310. The summed E-state index contributed by atoms with van der Waals surface area (Å²) in [6.07, 6.45) is -0.935. The van der Waals surface area contributed by atoms with Crippen LogP contribution >= 0.6 is 0 Å². The lowest BCUT2D eigenvalue weighted by Crippen LogP contribution is -2.43. The summed E-state index contributed by atoms with van der Waals surface area (Å²) in [6, 6.07) is 8.85. The molecule has 2 aromatic carbocycles. The summed E-state index contributed by atoms with van der Waals surface area (Å²) in [6.45, 7) is 3.37. The highest BCUT2D eigenvalue weighted by Crippen LogP contribution is 2.37. The summed E-state index contributed by atoms with van der Waals surface area (Å²) in [7, 11) is 0. The number of carbonyl (C=O) groups is 6. The van der Waals surface area contributed by atoms with Crippen LogP contribution in [0, 0.1) is 0 Å². The molecule has 2 unspecified atom stereocenters. The number of carboxylic acid groups (broad SMARTS) is 4. The first-order valence-corrected chi connectivity index (χ1v) is 13.0. The van der Waals surface area contributed by atoms with Gasteiger partial charge in [0.05, 0.1) is 0 Å². The molecule has 2 atom stereocenters. The second kappa shape index (κ2) is 16.1. The van der Waals surface area contributed by atoms with E-state index in [0.29, 0.717) is 5.56 Å². The van der Waals surface area contributed by atoms with E-state index in [0.717, 1.165) is 5.56 Å². The summed E-state index contributed by atoms with van der Waals surface area (Å²) in [4.78, 5) is 70.3. The standard InChI is InChI=1S/C29H32N2O12/c1-16(2)25-21(42-28(40)30-19(26(36)37)10-12-23(32)33)14-18(9-8-17-6-4-3-5-7-17)15-22(25)43-29(41)31-20(27(38)39)11-13-24(34)35/h3-9,14-16,19-20H,10-13H2,1-2H3,(H,30,40)(H,31,41)(H,32,33)(H,34,35)(H,36,37)(H,38,39)/b9-8+. The SMILES string of the molecule is CC(C)c1c(OC(=O)NC(CCC(=O)O)C(=O)O)cc(/C=C/c2ccccc2)cc1OC(=O)NC(CCC(=O)O)C(=O)O. The topological polar surface area (TPSA) is 226 Å². The van der Waals surface area contributed by atoms with E-state index < -0.39 is 79.7 Å². The largest absolute Gasteiger partial charge is 0.481 e. The van der Waals surface area contributed by atoms with Gasteiger partial charge in [-0.2, -0.15) is 0 Å². The zero-order valence-electron chi connectivity index (χ0n) is 23.3. The van der Waals surface area contributed by atoms with Crippen LogP contribution in [-0.4, -0.2) is 68.6 Å². The lowest BCUT2D eigenvalue weighted by Gasteiger charge is -2.20. The van der Waals surface area contributed by atoms with E-state index in [9.17, 15) is 39.0 Å². The number of carbonyl (C=O) groups excluding carboxylic acids is 2. The molecule has 0 bridgehead atoms. The normalized spacial score (nSPS) is 12.3. The molecule has 0 fully saturated rings. The van der Waals surface area contributed by atoms with Crippen molar-refractivity contribution < 1.29 is 58.7 Å². The highest BCUT2D eigenvalue weighted by atomic mass is 16.6. The minimum Gasteiger partial charge on any atom is -0.481 e. The van der Waals surface area contributed by atoms with Crippen LogP contribution in [-0.2, 0) is 19.2 Å². The second-order valence-corrected chi connectivity index (χ2v) is 9.54. The predicted octanol–water partition coefficient (Wildman–Crippen LogP) is 3.79. The first kappa shape index (κ1) is 33.8. The molecule has 0 radical (unpaired) electrons. The van der Waals surface area contributed by atoms with Gasteiger partial charge in [0.1, 0.15) is 23.6 Å². The molecule has 2 aromatic rings. The first-order valence-electron chi connectivity index (χ1n) is 13.0. The minimum absolute atomic E-state index is 0.117. The molecule has 230 valence electrons. The maximum atomic E-state index is 12.7. The van der Waals surface area contributed by atoms with Crippen LogP contribution < -0.4 is 20.1 Å². The Hall–Kier alpha value is -5.40. The molecule has 2 amide bonds. The van der Waals surface area contributed by atoms with Gasteiger partial charge in [-0.05, 0) is 42.0 Å². The Bertz CT molecular complexity index is 1300. The highest BCUT2D eigenvalue weighted by molar-refractivity contribution is 5.84. The summed E-state index contributed by atoms with van der Waals surface area (Å²) in [5.74, 6) is -6.15. The van der Waals surface area contributed by atoms with E-state index in [1.54, 1.807) is 26.0 Å². The third kappa shape index (κ3) is 11.5. The van der Waals surface area contributed by atoms with Gasteiger partial charge in [-0.1, -0.05) is 56.3 Å². The van der Waals surface area contributed by atoms with Crippen LogP contribution in [0.15, 0.2) is 42.5 Å². The molecule has 0 aromatic heterocycles. The fourth-order valence-electron chi connectivity index (χ4n) is 3.81. The van der Waals surface area contributed by atoms with Crippen molar-refractivity contribution in [1.82, 2.24) is 10.6 Å². The lowest BCUT2D eigenvalue weighted by atomic mass is 9.98. The fourth-order valence-corrected chi connectivity index (χ4v) is 3.81. The third-order valence-corrected chi connectivity index (χ3v) is 5.85. The molecule has 0 aliphatic carbocycles.